The zero-order valence-electron chi connectivity index (χ0n) is 91.5. The van der Waals surface area contributed by atoms with Crippen molar-refractivity contribution in [3.8, 4) is 0 Å². The molecular formula is C106H174N18O21S3. The summed E-state index contributed by atoms with van der Waals surface area (Å²) in [6.07, 6.45) is 23.9. The minimum Gasteiger partial charge on any atom is -0.347 e. The van der Waals surface area contributed by atoms with Gasteiger partial charge in [-0.2, -0.15) is 0 Å². The summed E-state index contributed by atoms with van der Waals surface area (Å²) >= 11 is 0. The lowest BCUT2D eigenvalue weighted by atomic mass is 9.78. The van der Waals surface area contributed by atoms with E-state index in [4.69, 9.17) is 0 Å². The van der Waals surface area contributed by atoms with Crippen LogP contribution in [-0.2, 0) is 87.6 Å². The Labute approximate surface area is 877 Å². The van der Waals surface area contributed by atoms with Crippen LogP contribution in [0.2, 0.25) is 0 Å². The molecule has 6 aliphatic heterocycles. The van der Waals surface area contributed by atoms with Gasteiger partial charge in [0, 0.05) is 78.5 Å². The molecule has 148 heavy (non-hydrogen) atoms. The van der Waals surface area contributed by atoms with Crippen molar-refractivity contribution in [3.63, 3.8) is 0 Å². The van der Waals surface area contributed by atoms with Crippen molar-refractivity contribution < 1.29 is 97.2 Å². The first-order valence-electron chi connectivity index (χ1n) is 55.5. The molecule has 10 aliphatic carbocycles. The van der Waals surface area contributed by atoms with E-state index in [9.17, 15) is 97.2 Å². The van der Waals surface area contributed by atoms with Crippen LogP contribution in [-0.4, -0.2) is 307 Å². The number of urea groups is 3. The predicted molar refractivity (Wildman–Crippen MR) is 556 cm³/mol. The first-order chi connectivity index (χ1) is 69.1. The molecule has 0 aromatic heterocycles. The number of rotatable bonds is 36. The van der Waals surface area contributed by atoms with E-state index in [1.54, 1.807) is 35.8 Å². The quantitative estimate of drug-likeness (QED) is 0.0273. The normalized spacial score (nSPS) is 30.0. The second-order valence-electron chi connectivity index (χ2n) is 51.8. The monoisotopic (exact) mass is 2130 g/mol. The lowest BCUT2D eigenvalue weighted by Gasteiger charge is -2.43. The summed E-state index contributed by atoms with van der Waals surface area (Å²) < 4.78 is 84.0. The molecule has 6 saturated heterocycles. The number of sulfonamides is 3. The molecule has 39 nitrogen and oxygen atoms in total. The van der Waals surface area contributed by atoms with Gasteiger partial charge in [0.2, 0.25) is 82.9 Å². The third-order valence-corrected chi connectivity index (χ3v) is 44.1. The average molecular weight is 2130 g/mol. The first kappa shape index (κ1) is 115. The molecule has 0 bridgehead atoms. The van der Waals surface area contributed by atoms with E-state index in [1.165, 1.54) is 12.9 Å². The molecule has 0 unspecified atom stereocenters. The van der Waals surface area contributed by atoms with Gasteiger partial charge in [0.25, 0.3) is 17.7 Å². The van der Waals surface area contributed by atoms with Crippen LogP contribution in [0.3, 0.4) is 0 Å². The Hall–Kier alpha value is -8.22. The third-order valence-electron chi connectivity index (χ3n) is 36.7. The number of hydrogen-bond acceptors (Lipinski definition) is 21. The summed E-state index contributed by atoms with van der Waals surface area (Å²) in [5.74, 6) is -6.31. The van der Waals surface area contributed by atoms with Gasteiger partial charge in [-0.1, -0.05) is 214 Å². The van der Waals surface area contributed by atoms with E-state index < -0.39 is 222 Å². The standard InChI is InChI=1S/C36H58N6O7S.2C35H58N6O7S/c1-34(2,3)29(39-33(47)40-36(17-8-7-9-18-36)25-16-19-41(6)50(25,48)49)32(46)42-20-23-26(35(23,4)5)27(42)30(44)38-24(15-12-21-10-11-21)28(43)31(45)37-22-13-14-22;2*1-8-9-13-23(27(42)30(44)36-21-14-15-21)37-29(43)26-25-22(34(25,5)6)20-41(26)31(45)28(33(2,3)4)38-32(46)39-35(17-11-10-12-18-35)24-16-19-40(7)49(24,47)48/h21-27,29H,7-20H2,1-6H3,(H,37,45)(H,38,44)(H2,39,40,47);2*21-26,28H,8-20H2,1-7H3,(H,36,44)(H,37,43)(H2,38,39,46)/t23-,24-,25+,26-,27-,29+;22-,23-,24+,25-,26-,28+;22-,23-,24-,25-,26-,28+/m000/s1. The van der Waals surface area contributed by atoms with Gasteiger partial charge in [-0.3, -0.25) is 57.5 Å². The highest BCUT2D eigenvalue weighted by molar-refractivity contribution is 7.90. The molecule has 16 aliphatic rings. The van der Waals surface area contributed by atoms with Gasteiger partial charge in [0.05, 0.1) is 50.5 Å². The average Bonchev–Trinajstić information content (AvgIpc) is 1.53. The summed E-state index contributed by atoms with van der Waals surface area (Å²) in [4.78, 5) is 210. The fraction of sp³-hybridized carbons (Fsp3) is 0.858. The molecule has 16 fully saturated rings. The minimum atomic E-state index is -3.59. The lowest BCUT2D eigenvalue weighted by molar-refractivity contribution is -0.145. The van der Waals surface area contributed by atoms with E-state index in [2.05, 4.69) is 105 Å². The van der Waals surface area contributed by atoms with Crippen LogP contribution in [0.1, 0.15) is 336 Å². The topological polar surface area (TPSA) is 522 Å². The predicted octanol–water partition coefficient (Wildman–Crippen LogP) is 7.33. The van der Waals surface area contributed by atoms with Crippen LogP contribution >= 0.6 is 0 Å². The molecule has 0 spiro atoms. The number of hydrogen-bond donors (Lipinski definition) is 12. The Kier molecular flexibility index (Phi) is 34.3. The number of carbonyl (C=O) groups is 15. The molecule has 42 heteroatoms. The fourth-order valence-electron chi connectivity index (χ4n) is 26.4. The Balaban J connectivity index is 0.000000175. The zero-order valence-corrected chi connectivity index (χ0v) is 93.9. The van der Waals surface area contributed by atoms with Crippen LogP contribution in [0.15, 0.2) is 0 Å². The van der Waals surface area contributed by atoms with Crippen LogP contribution < -0.4 is 63.8 Å². The maximum absolute atomic E-state index is 14.5. The molecule has 6 heterocycles. The van der Waals surface area contributed by atoms with E-state index in [0.29, 0.717) is 135 Å². The minimum absolute atomic E-state index is 0.00544. The summed E-state index contributed by atoms with van der Waals surface area (Å²) in [6.45, 7) is 35.2. The molecular weight excluding hydrogens is 1960 g/mol. The molecule has 15 amide bonds. The summed E-state index contributed by atoms with van der Waals surface area (Å²) in [6, 6.07) is -10.4. The number of nitrogens with one attached hydrogen (secondary N) is 12. The first-order valence-corrected chi connectivity index (χ1v) is 60.1. The Morgan fingerprint density at radius 3 is 0.784 bits per heavy atom. The highest BCUT2D eigenvalue weighted by atomic mass is 32.2. The Morgan fingerprint density at radius 2 is 0.574 bits per heavy atom. The van der Waals surface area contributed by atoms with Crippen molar-refractivity contribution >= 4 is 119 Å². The third kappa shape index (κ3) is 24.7. The number of piperidine rings is 3. The Bertz CT molecular complexity index is 5170. The van der Waals surface area contributed by atoms with Crippen LogP contribution in [0.25, 0.3) is 0 Å². The number of likely N-dealkylation sites (tertiary alicyclic amines) is 3. The van der Waals surface area contributed by atoms with Crippen molar-refractivity contribution in [2.24, 2.45) is 73.9 Å². The number of nitrogens with zero attached hydrogens (tertiary/aromatic N) is 6. The van der Waals surface area contributed by atoms with Crippen molar-refractivity contribution in [2.75, 3.05) is 60.4 Å². The Morgan fingerprint density at radius 1 is 0.331 bits per heavy atom. The van der Waals surface area contributed by atoms with Crippen molar-refractivity contribution in [1.82, 2.24) is 91.4 Å². The number of Topliss-reactive ketones (excluding diaryl/α,β-unsaturated/α-hetero) is 3. The number of unbranched alkanes of at least 4 members (excludes halogenated alkanes) is 2. The molecule has 832 valence electrons. The molecule has 0 aromatic rings. The maximum Gasteiger partial charge on any atom is 0.315 e. The van der Waals surface area contributed by atoms with Gasteiger partial charge in [-0.25, -0.2) is 52.6 Å². The fourth-order valence-corrected chi connectivity index (χ4v) is 32.6. The van der Waals surface area contributed by atoms with Crippen LogP contribution in [0.4, 0.5) is 14.4 Å². The zero-order chi connectivity index (χ0) is 109. The van der Waals surface area contributed by atoms with Crippen molar-refractivity contribution in [3.05, 3.63) is 0 Å². The highest BCUT2D eigenvalue weighted by Crippen LogP contribution is 2.68. The molecule has 10 saturated carbocycles. The lowest BCUT2D eigenvalue weighted by Crippen LogP contribution is -2.65. The van der Waals surface area contributed by atoms with E-state index in [-0.39, 0.29) is 69.9 Å². The molecule has 18 atom stereocenters. The van der Waals surface area contributed by atoms with Gasteiger partial charge in [0.15, 0.2) is 0 Å². The van der Waals surface area contributed by atoms with Gasteiger partial charge in [-0.15, -0.1) is 0 Å². The van der Waals surface area contributed by atoms with Gasteiger partial charge < -0.3 is 78.5 Å². The van der Waals surface area contributed by atoms with Crippen LogP contribution in [0, 0.1) is 73.9 Å². The molecule has 16 rings (SSSR count). The smallest absolute Gasteiger partial charge is 0.315 e. The maximum atomic E-state index is 14.5. The number of fused-ring (bicyclic) bond motifs is 3. The van der Waals surface area contributed by atoms with E-state index in [1.807, 2.05) is 76.2 Å². The summed E-state index contributed by atoms with van der Waals surface area (Å²) in [5, 5.41) is 32.6. The second-order valence-corrected chi connectivity index (χ2v) is 58.4. The van der Waals surface area contributed by atoms with Gasteiger partial charge in [0.1, 0.15) is 36.3 Å². The SMILES string of the molecule is CCCC[C@H](NC(=O)[C@@H]1[C@@H]2[C@H](CN1C(=O)[C@@H](NC(=O)NC1([C@@H]3CCN(C)S3(=O)=O)CCCCC1)C(C)(C)C)C2(C)C)C(=O)C(=O)NC1CC1.CCCC[C@H](NC(=O)[C@@H]1[C@@H]2[C@H](CN1C(=O)[C@@H](NC(=O)NC1([C@H]3CCN(C)S3(=O)=O)CCCCC1)C(C)(C)C)C2(C)C)C(=O)C(=O)NC1CC1.CN1CC[C@H](C2(NC(=O)N[C@H](C(=O)N3C[C@H]4[C@@H]([C@H]3C(=O)N[C@@H](CCC3CC3)C(=O)C(=O)NC3CC3)C4(C)C)C(C)(C)C)CCCCC2)S1(=O)=O. The van der Waals surface area contributed by atoms with E-state index in [0.717, 1.165) is 128 Å². The van der Waals surface area contributed by atoms with Crippen molar-refractivity contribution in [1.29, 1.82) is 0 Å². The number of amides is 15. The van der Waals surface area contributed by atoms with Crippen LogP contribution in [0.5, 0.6) is 0 Å². The summed E-state index contributed by atoms with van der Waals surface area (Å²) in [7, 11) is -6.07. The number of carbonyl (C=O) groups excluding carboxylic acids is 15. The van der Waals surface area contributed by atoms with Gasteiger partial charge in [-0.05, 0) is 196 Å². The highest BCUT2D eigenvalue weighted by Gasteiger charge is 2.74. The molecule has 12 N–H and O–H groups in total. The summed E-state index contributed by atoms with van der Waals surface area (Å²) in [5.41, 5.74) is -5.65. The molecule has 0 radical (unpaired) electrons. The van der Waals surface area contributed by atoms with Gasteiger partial charge >= 0.3 is 18.1 Å². The van der Waals surface area contributed by atoms with Crippen molar-refractivity contribution in [2.45, 2.75) is 441 Å². The largest absolute Gasteiger partial charge is 0.347 e. The molecule has 0 aromatic carbocycles. The van der Waals surface area contributed by atoms with E-state index >= 15 is 0 Å². The number of ketones is 3. The second kappa shape index (κ2) is 44.0.